The second kappa shape index (κ2) is 8.05. The van der Waals surface area contributed by atoms with Crippen molar-refractivity contribution < 1.29 is 34.0 Å². The number of aliphatic hydroxyl groups is 3. The molecule has 1 aromatic heterocycles. The summed E-state index contributed by atoms with van der Waals surface area (Å²) in [5.74, 6) is -3.00. The Kier molecular flexibility index (Phi) is 6.26. The van der Waals surface area contributed by atoms with Crippen LogP contribution in [-0.2, 0) is 9.47 Å². The van der Waals surface area contributed by atoms with E-state index in [9.17, 15) is 29.0 Å². The number of ether oxygens (including phenoxy) is 2. The SMILES string of the molecule is CNCCCOC(=O)n1c(=O)ccn([C@@H]2O[C@](F)(CO)[C@@H](O)[C@H]2O)c1=O. The van der Waals surface area contributed by atoms with Crippen molar-refractivity contribution in [2.45, 2.75) is 30.7 Å². The van der Waals surface area contributed by atoms with E-state index in [1.54, 1.807) is 7.05 Å². The van der Waals surface area contributed by atoms with Gasteiger partial charge in [0.1, 0.15) is 18.8 Å². The number of halogens is 1. The molecule has 146 valence electrons. The zero-order chi connectivity index (χ0) is 19.5. The van der Waals surface area contributed by atoms with Crippen LogP contribution >= 0.6 is 0 Å². The van der Waals surface area contributed by atoms with Crippen molar-refractivity contribution in [3.63, 3.8) is 0 Å². The van der Waals surface area contributed by atoms with Crippen molar-refractivity contribution in [2.24, 2.45) is 0 Å². The Morgan fingerprint density at radius 2 is 2.15 bits per heavy atom. The van der Waals surface area contributed by atoms with Gasteiger partial charge in [-0.05, 0) is 20.0 Å². The number of alkyl halides is 1. The lowest BCUT2D eigenvalue weighted by atomic mass is 10.1. The Morgan fingerprint density at radius 1 is 1.46 bits per heavy atom. The first kappa shape index (κ1) is 20.2. The van der Waals surface area contributed by atoms with Crippen molar-refractivity contribution in [2.75, 3.05) is 26.8 Å². The van der Waals surface area contributed by atoms with Crippen LogP contribution in [0.3, 0.4) is 0 Å². The predicted molar refractivity (Wildman–Crippen MR) is 83.3 cm³/mol. The summed E-state index contributed by atoms with van der Waals surface area (Å²) in [4.78, 5) is 36.2. The van der Waals surface area contributed by atoms with Crippen LogP contribution in [0.1, 0.15) is 12.6 Å². The molecule has 1 aromatic rings. The molecule has 0 amide bonds. The number of nitrogens with zero attached hydrogens (tertiary/aromatic N) is 2. The minimum Gasteiger partial charge on any atom is -0.449 e. The Balaban J connectivity index is 2.31. The average molecular weight is 377 g/mol. The fraction of sp³-hybridized carbons (Fsp3) is 0.643. The van der Waals surface area contributed by atoms with Crippen molar-refractivity contribution in [3.05, 3.63) is 33.1 Å². The maximum Gasteiger partial charge on any atom is 0.425 e. The Labute approximate surface area is 146 Å². The highest BCUT2D eigenvalue weighted by Crippen LogP contribution is 2.37. The largest absolute Gasteiger partial charge is 0.449 e. The van der Waals surface area contributed by atoms with E-state index in [0.717, 1.165) is 12.3 Å². The normalized spacial score (nSPS) is 28.3. The monoisotopic (exact) mass is 377 g/mol. The fourth-order valence-corrected chi connectivity index (χ4v) is 2.43. The molecule has 1 aliphatic rings. The van der Waals surface area contributed by atoms with E-state index in [1.807, 2.05) is 0 Å². The van der Waals surface area contributed by atoms with Gasteiger partial charge in [0, 0.05) is 12.3 Å². The lowest BCUT2D eigenvalue weighted by Gasteiger charge is -2.20. The third-order valence-corrected chi connectivity index (χ3v) is 3.85. The minimum absolute atomic E-state index is 0.0557. The van der Waals surface area contributed by atoms with Crippen LogP contribution in [0.25, 0.3) is 0 Å². The molecule has 0 aromatic carbocycles. The molecule has 0 aliphatic carbocycles. The maximum absolute atomic E-state index is 14.2. The quantitative estimate of drug-likeness (QED) is 0.395. The van der Waals surface area contributed by atoms with Crippen LogP contribution in [0.15, 0.2) is 21.9 Å². The first-order valence-corrected chi connectivity index (χ1v) is 7.76. The minimum atomic E-state index is -3.00. The molecule has 12 heteroatoms. The summed E-state index contributed by atoms with van der Waals surface area (Å²) in [6, 6.07) is 0.815. The van der Waals surface area contributed by atoms with Crippen LogP contribution < -0.4 is 16.6 Å². The molecule has 0 unspecified atom stereocenters. The molecule has 1 fully saturated rings. The molecule has 0 saturated carbocycles. The van der Waals surface area contributed by atoms with Crippen LogP contribution in [0, 0.1) is 0 Å². The Hall–Kier alpha value is -2.12. The second-order valence-corrected chi connectivity index (χ2v) is 5.64. The van der Waals surface area contributed by atoms with Gasteiger partial charge >= 0.3 is 11.8 Å². The molecule has 1 aliphatic heterocycles. The maximum atomic E-state index is 14.2. The van der Waals surface area contributed by atoms with E-state index >= 15 is 0 Å². The molecule has 0 spiro atoms. The molecular weight excluding hydrogens is 357 g/mol. The van der Waals surface area contributed by atoms with Crippen LogP contribution in [-0.4, -0.2) is 75.4 Å². The summed E-state index contributed by atoms with van der Waals surface area (Å²) >= 11 is 0. The number of nitrogens with one attached hydrogen (secondary N) is 1. The van der Waals surface area contributed by atoms with Gasteiger partial charge in [0.05, 0.1) is 6.61 Å². The van der Waals surface area contributed by atoms with Crippen molar-refractivity contribution >= 4 is 6.09 Å². The Morgan fingerprint density at radius 3 is 2.73 bits per heavy atom. The van der Waals surface area contributed by atoms with E-state index in [2.05, 4.69) is 5.32 Å². The van der Waals surface area contributed by atoms with Crippen molar-refractivity contribution in [3.8, 4) is 0 Å². The zero-order valence-corrected chi connectivity index (χ0v) is 13.9. The van der Waals surface area contributed by atoms with Gasteiger partial charge in [-0.1, -0.05) is 0 Å². The molecule has 0 bridgehead atoms. The first-order valence-electron chi connectivity index (χ1n) is 7.76. The molecule has 0 radical (unpaired) electrons. The van der Waals surface area contributed by atoms with Gasteiger partial charge in [-0.2, -0.15) is 4.57 Å². The van der Waals surface area contributed by atoms with Gasteiger partial charge in [-0.3, -0.25) is 9.36 Å². The third-order valence-electron chi connectivity index (χ3n) is 3.85. The van der Waals surface area contributed by atoms with E-state index in [1.165, 1.54) is 0 Å². The molecular formula is C14H20FN3O8. The number of hydrogen-bond acceptors (Lipinski definition) is 9. The summed E-state index contributed by atoms with van der Waals surface area (Å²) in [6.07, 6.45) is -5.76. The number of carbonyl (C=O) groups is 1. The van der Waals surface area contributed by atoms with E-state index in [-0.39, 0.29) is 11.2 Å². The van der Waals surface area contributed by atoms with E-state index < -0.39 is 48.2 Å². The van der Waals surface area contributed by atoms with E-state index in [4.69, 9.17) is 14.6 Å². The molecule has 2 heterocycles. The topological polar surface area (TPSA) is 152 Å². The number of carbonyl (C=O) groups excluding carboxylic acids is 1. The lowest BCUT2D eigenvalue weighted by molar-refractivity contribution is -0.207. The third kappa shape index (κ3) is 3.68. The number of aromatic nitrogens is 2. The van der Waals surface area contributed by atoms with Crippen LogP contribution in [0.5, 0.6) is 0 Å². The second-order valence-electron chi connectivity index (χ2n) is 5.64. The zero-order valence-electron chi connectivity index (χ0n) is 13.9. The highest BCUT2D eigenvalue weighted by Gasteiger charge is 2.56. The van der Waals surface area contributed by atoms with Crippen molar-refractivity contribution in [1.82, 2.24) is 14.5 Å². The van der Waals surface area contributed by atoms with E-state index in [0.29, 0.717) is 17.5 Å². The summed E-state index contributed by atoms with van der Waals surface area (Å²) in [5.41, 5.74) is -2.25. The Bertz CT molecular complexity index is 765. The summed E-state index contributed by atoms with van der Waals surface area (Å²) in [7, 11) is 1.70. The smallest absolute Gasteiger partial charge is 0.425 e. The number of rotatable bonds is 6. The highest BCUT2D eigenvalue weighted by atomic mass is 19.2. The predicted octanol–water partition coefficient (Wildman–Crippen LogP) is -2.49. The summed E-state index contributed by atoms with van der Waals surface area (Å²) in [5, 5.41) is 31.4. The van der Waals surface area contributed by atoms with Gasteiger partial charge in [0.2, 0.25) is 0 Å². The molecule has 26 heavy (non-hydrogen) atoms. The van der Waals surface area contributed by atoms with Crippen molar-refractivity contribution in [1.29, 1.82) is 0 Å². The standard InChI is InChI=1S/C14H20FN3O8/c1-16-4-2-6-25-13(24)18-8(20)3-5-17(12(18)23)11-9(21)10(22)14(15,7-19)26-11/h3,5,9-11,16,19,21-22H,2,4,6-7H2,1H3/t9-,10+,11-,14-/m1/s1. The summed E-state index contributed by atoms with van der Waals surface area (Å²) < 4.78 is 24.4. The number of hydrogen-bond donors (Lipinski definition) is 4. The average Bonchev–Trinajstić information content (AvgIpc) is 2.84. The summed E-state index contributed by atoms with van der Waals surface area (Å²) in [6.45, 7) is -0.787. The van der Waals surface area contributed by atoms with Crippen LogP contribution in [0.4, 0.5) is 9.18 Å². The highest BCUT2D eigenvalue weighted by molar-refractivity contribution is 5.69. The van der Waals surface area contributed by atoms with Gasteiger partial charge in [0.25, 0.3) is 11.4 Å². The van der Waals surface area contributed by atoms with Gasteiger partial charge in [-0.25, -0.2) is 14.0 Å². The molecule has 2 rings (SSSR count). The molecule has 1 saturated heterocycles. The fourth-order valence-electron chi connectivity index (χ4n) is 2.43. The van der Waals surface area contributed by atoms with Gasteiger partial charge in [-0.15, -0.1) is 0 Å². The van der Waals surface area contributed by atoms with Crippen LogP contribution in [0.2, 0.25) is 0 Å². The lowest BCUT2D eigenvalue weighted by Crippen LogP contribution is -2.46. The number of aliphatic hydroxyl groups excluding tert-OH is 3. The molecule has 4 atom stereocenters. The van der Waals surface area contributed by atoms with Gasteiger partial charge in [0.15, 0.2) is 6.23 Å². The first-order chi connectivity index (χ1) is 12.3. The van der Waals surface area contributed by atoms with Gasteiger partial charge < -0.3 is 30.1 Å². The molecule has 11 nitrogen and oxygen atoms in total. The molecule has 4 N–H and O–H groups in total.